The fraction of sp³-hybridized carbons (Fsp3) is 0.333. The molecule has 0 heterocycles. The molecule has 0 aliphatic heterocycles. The van der Waals surface area contributed by atoms with Crippen molar-refractivity contribution in [3.63, 3.8) is 0 Å². The van der Waals surface area contributed by atoms with Gasteiger partial charge in [-0.2, -0.15) is 0 Å². The zero-order valence-corrected chi connectivity index (χ0v) is 22.1. The first-order chi connectivity index (χ1) is 17.3. The lowest BCUT2D eigenvalue weighted by Crippen LogP contribution is -2.22. The van der Waals surface area contributed by atoms with Crippen molar-refractivity contribution >= 4 is 28.6 Å². The molecule has 1 N–H and O–H groups in total. The maximum Gasteiger partial charge on any atom is 0.303 e. The molecule has 0 unspecified atom stereocenters. The Morgan fingerprint density at radius 1 is 0.833 bits per heavy atom. The molecule has 190 valence electrons. The third-order valence-corrected chi connectivity index (χ3v) is 6.19. The minimum absolute atomic E-state index is 0.145. The molecule has 0 spiro atoms. The Hall–Kier alpha value is -3.64. The summed E-state index contributed by atoms with van der Waals surface area (Å²) in [5, 5.41) is 8.71. The summed E-state index contributed by atoms with van der Waals surface area (Å²) in [4.78, 5) is 14.9. The molecule has 6 nitrogen and oxygen atoms in total. The van der Waals surface area contributed by atoms with Crippen LogP contribution >= 0.6 is 0 Å². The highest BCUT2D eigenvalue weighted by molar-refractivity contribution is 6.04. The average molecular weight is 489 g/mol. The number of nitrogens with zero attached hydrogens (tertiary/aromatic N) is 3. The maximum atomic E-state index is 10.6. The van der Waals surface area contributed by atoms with Crippen molar-refractivity contribution in [1.29, 1.82) is 0 Å². The predicted octanol–water partition coefficient (Wildman–Crippen LogP) is 4.71. The van der Waals surface area contributed by atoms with E-state index >= 15 is 0 Å². The number of hydrogen-bond donors (Lipinski definition) is 1. The molecule has 0 fully saturated rings. The molecule has 0 saturated carbocycles. The molecular formula is C30H38N3O3+. The molecule has 0 saturated heterocycles. The lowest BCUT2D eigenvalue weighted by molar-refractivity contribution is -0.462. The zero-order valence-electron chi connectivity index (χ0n) is 22.1. The molecule has 0 bridgehead atoms. The first-order valence-electron chi connectivity index (χ1n) is 12.3. The van der Waals surface area contributed by atoms with E-state index in [0.29, 0.717) is 19.6 Å². The summed E-state index contributed by atoms with van der Waals surface area (Å²) < 4.78 is 7.70. The third-order valence-electron chi connectivity index (χ3n) is 6.19. The smallest absolute Gasteiger partial charge is 0.303 e. The largest absolute Gasteiger partial charge is 0.481 e. The second kappa shape index (κ2) is 12.9. The Morgan fingerprint density at radius 2 is 1.39 bits per heavy atom. The van der Waals surface area contributed by atoms with Crippen molar-refractivity contribution in [3.05, 3.63) is 89.5 Å². The fourth-order valence-corrected chi connectivity index (χ4v) is 3.99. The highest BCUT2D eigenvalue weighted by atomic mass is 16.5. The van der Waals surface area contributed by atoms with Crippen LogP contribution in [0.3, 0.4) is 0 Å². The number of carboxylic acids is 1. The normalized spacial score (nSPS) is 12.6. The van der Waals surface area contributed by atoms with Crippen molar-refractivity contribution in [2.24, 2.45) is 0 Å². The van der Waals surface area contributed by atoms with Gasteiger partial charge in [0.25, 0.3) is 0 Å². The van der Waals surface area contributed by atoms with Crippen LogP contribution in [0.25, 0.3) is 5.57 Å². The van der Waals surface area contributed by atoms with E-state index in [2.05, 4.69) is 115 Å². The van der Waals surface area contributed by atoms with Crippen molar-refractivity contribution in [1.82, 2.24) is 0 Å². The Bertz CT molecular complexity index is 1130. The van der Waals surface area contributed by atoms with Crippen LogP contribution in [0.4, 0.5) is 11.4 Å². The van der Waals surface area contributed by atoms with Crippen LogP contribution in [0, 0.1) is 0 Å². The van der Waals surface area contributed by atoms with Crippen molar-refractivity contribution < 1.29 is 19.2 Å². The molecule has 0 aromatic heterocycles. The average Bonchev–Trinajstić information content (AvgIpc) is 2.87. The standard InChI is InChI=1S/C30H37N3O3/c1-31(2)26-14-8-23(9-15-26)30(24-10-16-27(17-11-24)32(3)4)25-12-18-28(19-13-25)33(5)20-22-36-21-6-7-29(34)35/h8-19H,6-7,20-22H2,1-5H3/p+1. The number of carboxylic acid groups (broad SMARTS) is 1. The summed E-state index contributed by atoms with van der Waals surface area (Å²) >= 11 is 0. The summed E-state index contributed by atoms with van der Waals surface area (Å²) in [6.07, 6.45) is 9.37. The summed E-state index contributed by atoms with van der Waals surface area (Å²) in [6.45, 7) is 1.77. The van der Waals surface area contributed by atoms with Gasteiger partial charge in [0, 0.05) is 64.2 Å². The highest BCUT2D eigenvalue weighted by Gasteiger charge is 2.14. The van der Waals surface area contributed by atoms with Gasteiger partial charge in [-0.1, -0.05) is 24.3 Å². The topological polar surface area (TPSA) is 56.0 Å². The van der Waals surface area contributed by atoms with Crippen LogP contribution in [-0.4, -0.2) is 76.4 Å². The van der Waals surface area contributed by atoms with Crippen LogP contribution in [-0.2, 0) is 9.53 Å². The summed E-state index contributed by atoms with van der Waals surface area (Å²) in [5.74, 6) is -0.783. The number of hydrogen-bond acceptors (Lipinski definition) is 4. The van der Waals surface area contributed by atoms with Gasteiger partial charge in [-0.3, -0.25) is 4.79 Å². The third kappa shape index (κ3) is 7.43. The molecule has 0 atom stereocenters. The van der Waals surface area contributed by atoms with Crippen LogP contribution in [0.5, 0.6) is 0 Å². The fourth-order valence-electron chi connectivity index (χ4n) is 3.99. The number of aliphatic carboxylic acids is 1. The van der Waals surface area contributed by atoms with Gasteiger partial charge in [0.05, 0.1) is 6.61 Å². The van der Waals surface area contributed by atoms with Crippen molar-refractivity contribution in [2.45, 2.75) is 12.8 Å². The molecule has 36 heavy (non-hydrogen) atoms. The molecule has 2 aromatic rings. The number of ether oxygens (including phenoxy) is 1. The minimum atomic E-state index is -0.783. The Balaban J connectivity index is 1.80. The van der Waals surface area contributed by atoms with E-state index in [-0.39, 0.29) is 6.42 Å². The van der Waals surface area contributed by atoms with E-state index in [0.717, 1.165) is 17.8 Å². The lowest BCUT2D eigenvalue weighted by atomic mass is 9.90. The molecule has 1 aliphatic carbocycles. The van der Waals surface area contributed by atoms with Crippen LogP contribution in [0.1, 0.15) is 24.0 Å². The van der Waals surface area contributed by atoms with E-state index in [4.69, 9.17) is 9.84 Å². The van der Waals surface area contributed by atoms with E-state index in [9.17, 15) is 4.79 Å². The second-order valence-electron chi connectivity index (χ2n) is 9.34. The predicted molar refractivity (Wildman–Crippen MR) is 150 cm³/mol. The number of rotatable bonds is 11. The number of allylic oxidation sites excluding steroid dienone is 5. The molecule has 1 aliphatic rings. The van der Waals surface area contributed by atoms with Crippen molar-refractivity contribution in [3.8, 4) is 0 Å². The Labute approximate surface area is 215 Å². The Morgan fingerprint density at radius 3 is 1.89 bits per heavy atom. The van der Waals surface area contributed by atoms with E-state index in [1.165, 1.54) is 28.1 Å². The summed E-state index contributed by atoms with van der Waals surface area (Å²) in [7, 11) is 10.2. The zero-order chi connectivity index (χ0) is 26.1. The van der Waals surface area contributed by atoms with Gasteiger partial charge in [0.15, 0.2) is 5.71 Å². The number of benzene rings is 2. The van der Waals surface area contributed by atoms with Gasteiger partial charge >= 0.3 is 5.97 Å². The quantitative estimate of drug-likeness (QED) is 0.367. The second-order valence-corrected chi connectivity index (χ2v) is 9.34. The first-order valence-corrected chi connectivity index (χ1v) is 12.3. The van der Waals surface area contributed by atoms with Gasteiger partial charge in [-0.05, 0) is 65.1 Å². The lowest BCUT2D eigenvalue weighted by Gasteiger charge is -2.21. The van der Waals surface area contributed by atoms with Gasteiger partial charge in [-0.15, -0.1) is 0 Å². The number of likely N-dealkylation sites (N-methyl/N-ethyl adjacent to an activating group) is 1. The molecule has 2 aromatic carbocycles. The number of carbonyl (C=O) groups is 1. The van der Waals surface area contributed by atoms with E-state index in [1.807, 2.05) is 7.05 Å². The van der Waals surface area contributed by atoms with Crippen LogP contribution < -0.4 is 9.80 Å². The maximum absolute atomic E-state index is 10.6. The highest BCUT2D eigenvalue weighted by Crippen LogP contribution is 2.32. The summed E-state index contributed by atoms with van der Waals surface area (Å²) in [6, 6.07) is 17.3. The van der Waals surface area contributed by atoms with Crippen LogP contribution in [0.2, 0.25) is 0 Å². The molecule has 0 radical (unpaired) electrons. The minimum Gasteiger partial charge on any atom is -0.481 e. The molecule has 0 amide bonds. The molecule has 3 rings (SSSR count). The van der Waals surface area contributed by atoms with Gasteiger partial charge in [-0.25, -0.2) is 4.58 Å². The van der Waals surface area contributed by atoms with Gasteiger partial charge in [0.1, 0.15) is 14.1 Å². The van der Waals surface area contributed by atoms with Crippen molar-refractivity contribution in [2.75, 3.05) is 64.8 Å². The van der Waals surface area contributed by atoms with E-state index < -0.39 is 5.97 Å². The van der Waals surface area contributed by atoms with E-state index in [1.54, 1.807) is 0 Å². The SMILES string of the molecule is CN(C)c1ccc(C(=C2C=CC(=[N+](C)C)C=C2)c2ccc(N(C)CCOCCCC(=O)O)cc2)cc1. The monoisotopic (exact) mass is 488 g/mol. The molecular weight excluding hydrogens is 450 g/mol. The molecule has 6 heteroatoms. The first kappa shape index (κ1) is 27.0. The van der Waals surface area contributed by atoms with Gasteiger partial charge in [0.2, 0.25) is 0 Å². The Kier molecular flexibility index (Phi) is 9.65. The summed E-state index contributed by atoms with van der Waals surface area (Å²) in [5.41, 5.74) is 8.15. The van der Waals surface area contributed by atoms with Crippen LogP contribution in [0.15, 0.2) is 78.4 Å². The number of anilines is 2. The van der Waals surface area contributed by atoms with Gasteiger partial charge < -0.3 is 19.6 Å².